The first-order valence-corrected chi connectivity index (χ1v) is 38.1. The lowest BCUT2D eigenvalue weighted by Crippen LogP contribution is -2.45. The molecular weight excluding hydrogens is 1020 g/mol. The molecule has 0 aromatic rings. The predicted octanol–water partition coefficient (Wildman–Crippen LogP) is 24.9. The maximum atomic E-state index is 12.6. The number of hydrogen-bond donors (Lipinski definition) is 3. The third-order valence-electron chi connectivity index (χ3n) is 18.0. The van der Waals surface area contributed by atoms with Crippen LogP contribution in [0.4, 0.5) is 0 Å². The molecule has 1 amide bonds. The molecule has 0 aromatic heterocycles. The van der Waals surface area contributed by atoms with Crippen LogP contribution < -0.4 is 5.32 Å². The van der Waals surface area contributed by atoms with Gasteiger partial charge in [-0.15, -0.1) is 0 Å². The molecule has 0 radical (unpaired) electrons. The Morgan fingerprint density at radius 3 is 0.940 bits per heavy atom. The van der Waals surface area contributed by atoms with Gasteiger partial charge in [-0.05, 0) is 57.8 Å². The van der Waals surface area contributed by atoms with E-state index in [9.17, 15) is 19.8 Å². The number of allylic oxidation sites excluding steroid dienone is 4. The molecule has 0 saturated heterocycles. The van der Waals surface area contributed by atoms with Gasteiger partial charge < -0.3 is 20.3 Å². The first kappa shape index (κ1) is 81.3. The lowest BCUT2D eigenvalue weighted by molar-refractivity contribution is -0.143. The fraction of sp³-hybridized carbons (Fsp3) is 0.922. The number of nitrogens with one attached hydrogen (secondary N) is 1. The SMILES string of the molecule is CCCCC/C=C\C/C=C\CCCCCCCCCCCC(=O)OCCCCCCCCCCCCCCCCCCCCCCCCCCCC(=O)NC(CO)C(O)CCCCCCCCCCCCCCCCCCCCCCCC. The Morgan fingerprint density at radius 2 is 0.602 bits per heavy atom. The highest BCUT2D eigenvalue weighted by molar-refractivity contribution is 5.76. The quantitative estimate of drug-likeness (QED) is 0.0320. The topological polar surface area (TPSA) is 95.9 Å². The van der Waals surface area contributed by atoms with Crippen molar-refractivity contribution in [3.8, 4) is 0 Å². The molecule has 6 nitrogen and oxygen atoms in total. The zero-order valence-corrected chi connectivity index (χ0v) is 56.5. The van der Waals surface area contributed by atoms with Crippen molar-refractivity contribution in [2.45, 2.75) is 443 Å². The highest BCUT2D eigenvalue weighted by Gasteiger charge is 2.20. The molecule has 0 aliphatic heterocycles. The summed E-state index contributed by atoms with van der Waals surface area (Å²) in [5, 5.41) is 23.5. The molecule has 0 aromatic carbocycles. The van der Waals surface area contributed by atoms with Gasteiger partial charge >= 0.3 is 5.97 Å². The van der Waals surface area contributed by atoms with Gasteiger partial charge in [-0.1, -0.05) is 385 Å². The van der Waals surface area contributed by atoms with E-state index in [-0.39, 0.29) is 18.5 Å². The Labute approximate surface area is 520 Å². The minimum atomic E-state index is -0.664. The second kappa shape index (κ2) is 72.8. The Hall–Kier alpha value is -1.66. The van der Waals surface area contributed by atoms with Crippen molar-refractivity contribution in [1.29, 1.82) is 0 Å². The second-order valence-corrected chi connectivity index (χ2v) is 26.3. The molecule has 0 saturated carbocycles. The summed E-state index contributed by atoms with van der Waals surface area (Å²) >= 11 is 0. The lowest BCUT2D eigenvalue weighted by Gasteiger charge is -2.22. The number of aliphatic hydroxyl groups is 2. The molecule has 0 rings (SSSR count). The van der Waals surface area contributed by atoms with E-state index in [0.717, 1.165) is 51.4 Å². The monoisotopic (exact) mass is 1170 g/mol. The second-order valence-electron chi connectivity index (χ2n) is 26.3. The van der Waals surface area contributed by atoms with E-state index < -0.39 is 12.1 Å². The van der Waals surface area contributed by atoms with Crippen LogP contribution in [0.3, 0.4) is 0 Å². The van der Waals surface area contributed by atoms with E-state index >= 15 is 0 Å². The van der Waals surface area contributed by atoms with Crippen molar-refractivity contribution in [3.63, 3.8) is 0 Å². The maximum Gasteiger partial charge on any atom is 0.305 e. The maximum absolute atomic E-state index is 12.6. The van der Waals surface area contributed by atoms with Crippen LogP contribution >= 0.6 is 0 Å². The van der Waals surface area contributed by atoms with Crippen LogP contribution in [-0.2, 0) is 14.3 Å². The van der Waals surface area contributed by atoms with Gasteiger partial charge in [0.15, 0.2) is 0 Å². The molecule has 6 heteroatoms. The first-order valence-electron chi connectivity index (χ1n) is 38.1. The molecule has 0 fully saturated rings. The number of aliphatic hydroxyl groups excluding tert-OH is 2. The molecule has 0 bridgehead atoms. The minimum absolute atomic E-state index is 0.0138. The average molecular weight is 1170 g/mol. The predicted molar refractivity (Wildman–Crippen MR) is 366 cm³/mol. The molecule has 492 valence electrons. The number of carbonyl (C=O) groups excluding carboxylic acids is 2. The molecule has 2 atom stereocenters. The van der Waals surface area contributed by atoms with Crippen LogP contribution in [0.2, 0.25) is 0 Å². The summed E-state index contributed by atoms with van der Waals surface area (Å²) in [7, 11) is 0. The van der Waals surface area contributed by atoms with Gasteiger partial charge in [-0.3, -0.25) is 9.59 Å². The number of amides is 1. The molecule has 2 unspecified atom stereocenters. The summed E-state index contributed by atoms with van der Waals surface area (Å²) in [6.07, 6.45) is 92.4. The lowest BCUT2D eigenvalue weighted by atomic mass is 10.0. The molecule has 0 spiro atoms. The van der Waals surface area contributed by atoms with Gasteiger partial charge in [0.05, 0.1) is 25.4 Å². The highest BCUT2D eigenvalue weighted by Crippen LogP contribution is 2.20. The number of rotatable bonds is 72. The smallest absolute Gasteiger partial charge is 0.305 e. The van der Waals surface area contributed by atoms with Crippen LogP contribution in [0.5, 0.6) is 0 Å². The van der Waals surface area contributed by atoms with Crippen molar-refractivity contribution in [3.05, 3.63) is 24.3 Å². The van der Waals surface area contributed by atoms with E-state index in [0.29, 0.717) is 25.9 Å². The van der Waals surface area contributed by atoms with Gasteiger partial charge in [-0.2, -0.15) is 0 Å². The largest absolute Gasteiger partial charge is 0.466 e. The zero-order valence-electron chi connectivity index (χ0n) is 56.5. The third kappa shape index (κ3) is 69.3. The fourth-order valence-corrected chi connectivity index (χ4v) is 12.2. The third-order valence-corrected chi connectivity index (χ3v) is 18.0. The average Bonchev–Trinajstić information content (AvgIpc) is 3.48. The van der Waals surface area contributed by atoms with Crippen LogP contribution in [0.1, 0.15) is 431 Å². The van der Waals surface area contributed by atoms with E-state index in [1.807, 2.05) is 0 Å². The van der Waals surface area contributed by atoms with E-state index in [1.165, 1.54) is 347 Å². The van der Waals surface area contributed by atoms with Crippen molar-refractivity contribution < 1.29 is 24.5 Å². The van der Waals surface area contributed by atoms with Gasteiger partial charge in [0, 0.05) is 12.8 Å². The van der Waals surface area contributed by atoms with Crippen molar-refractivity contribution in [2.24, 2.45) is 0 Å². The van der Waals surface area contributed by atoms with Gasteiger partial charge in [0.25, 0.3) is 0 Å². The Balaban J connectivity index is 3.35. The summed E-state index contributed by atoms with van der Waals surface area (Å²) in [6.45, 7) is 4.98. The van der Waals surface area contributed by atoms with Gasteiger partial charge in [0.2, 0.25) is 5.91 Å². The molecule has 3 N–H and O–H groups in total. The van der Waals surface area contributed by atoms with Crippen LogP contribution in [0, 0.1) is 0 Å². The Kier molecular flexibility index (Phi) is 71.4. The minimum Gasteiger partial charge on any atom is -0.466 e. The zero-order chi connectivity index (χ0) is 59.9. The van der Waals surface area contributed by atoms with Crippen LogP contribution in [0.15, 0.2) is 24.3 Å². The number of esters is 1. The Morgan fingerprint density at radius 1 is 0.337 bits per heavy atom. The van der Waals surface area contributed by atoms with E-state index in [1.54, 1.807) is 0 Å². The molecule has 0 aliphatic rings. The van der Waals surface area contributed by atoms with Gasteiger partial charge in [-0.25, -0.2) is 0 Å². The van der Waals surface area contributed by atoms with Crippen molar-refractivity contribution in [2.75, 3.05) is 13.2 Å². The van der Waals surface area contributed by atoms with Crippen LogP contribution in [-0.4, -0.2) is 47.4 Å². The summed E-state index contributed by atoms with van der Waals surface area (Å²) < 4.78 is 5.51. The number of ether oxygens (including phenoxy) is 1. The van der Waals surface area contributed by atoms with Gasteiger partial charge in [0.1, 0.15) is 0 Å². The molecule has 0 aliphatic carbocycles. The van der Waals surface area contributed by atoms with E-state index in [4.69, 9.17) is 4.74 Å². The standard InChI is InChI=1S/C77H149NO5/c1-3-5-7-9-11-13-15-17-19-21-23-24-30-34-37-41-45-49-53-57-61-65-69-75(80)74(73-79)78-76(81)70-66-62-58-54-50-46-42-38-35-31-28-26-25-27-29-32-36-40-44-48-52-56-60-64-68-72-83-77(82)71-67-63-59-55-51-47-43-39-33-22-20-18-16-14-12-10-8-6-4-2/h12,14,18,20,74-75,79-80H,3-11,13,15-17,19,21-73H2,1-2H3,(H,78,81)/b14-12-,20-18-. The normalized spacial score (nSPS) is 12.6. The number of carbonyl (C=O) groups is 2. The molecular formula is C77H149NO5. The summed E-state index contributed by atoms with van der Waals surface area (Å²) in [6, 6.07) is -0.541. The summed E-state index contributed by atoms with van der Waals surface area (Å²) in [5.41, 5.74) is 0. The van der Waals surface area contributed by atoms with Crippen molar-refractivity contribution in [1.82, 2.24) is 5.32 Å². The Bertz CT molecular complexity index is 1300. The number of unbranched alkanes of at least 4 members (excludes halogenated alkanes) is 57. The summed E-state index contributed by atoms with van der Waals surface area (Å²) in [5.74, 6) is -0.0142. The van der Waals surface area contributed by atoms with Crippen LogP contribution in [0.25, 0.3) is 0 Å². The molecule has 83 heavy (non-hydrogen) atoms. The number of hydrogen-bond acceptors (Lipinski definition) is 5. The highest BCUT2D eigenvalue weighted by atomic mass is 16.5. The molecule has 0 heterocycles. The fourth-order valence-electron chi connectivity index (χ4n) is 12.2. The summed E-state index contributed by atoms with van der Waals surface area (Å²) in [4.78, 5) is 24.7. The first-order chi connectivity index (χ1) is 41.0. The van der Waals surface area contributed by atoms with Crippen molar-refractivity contribution >= 4 is 11.9 Å². The van der Waals surface area contributed by atoms with E-state index in [2.05, 4.69) is 43.5 Å².